The van der Waals surface area contributed by atoms with Crippen LogP contribution in [0, 0.1) is 5.82 Å². The van der Waals surface area contributed by atoms with Gasteiger partial charge < -0.3 is 0 Å². The van der Waals surface area contributed by atoms with E-state index in [2.05, 4.69) is 4.98 Å². The third kappa shape index (κ3) is 3.35. The lowest BCUT2D eigenvalue weighted by molar-refractivity contribution is 0.0965. The highest BCUT2D eigenvalue weighted by atomic mass is 32.2. The van der Waals surface area contributed by atoms with Crippen LogP contribution in [-0.2, 0) is 0 Å². The molecule has 2 aromatic carbocycles. The van der Waals surface area contributed by atoms with Crippen LogP contribution in [0.5, 0.6) is 0 Å². The van der Waals surface area contributed by atoms with Crippen LogP contribution in [0.4, 0.5) is 4.39 Å². The molecule has 3 aromatic rings. The summed E-state index contributed by atoms with van der Waals surface area (Å²) >= 11 is 1.53. The summed E-state index contributed by atoms with van der Waals surface area (Å²) in [4.78, 5) is 17.1. The molecule has 0 fully saturated rings. The molecule has 3 nitrogen and oxygen atoms in total. The first-order chi connectivity index (χ1) is 11.2. The molecule has 0 aliphatic rings. The van der Waals surface area contributed by atoms with Gasteiger partial charge >= 0.3 is 0 Å². The number of hydrogen-bond donors (Lipinski definition) is 0. The highest BCUT2D eigenvalue weighted by Gasteiger charge is 2.14. The molecule has 0 aliphatic carbocycles. The van der Waals surface area contributed by atoms with Crippen LogP contribution in [0.25, 0.3) is 17.1 Å². The standard InChI is InChI=1S/C18H15FN2OS/c1-2-23-18-20-15-5-3-4-6-16(15)21(18)17(22)12-9-13-7-10-14(19)11-8-13/h3-12H,2H2,1H3/b12-9+. The number of thioether (sulfide) groups is 1. The van der Waals surface area contributed by atoms with E-state index in [0.717, 1.165) is 22.3 Å². The fraction of sp³-hybridized carbons (Fsp3) is 0.111. The second kappa shape index (κ2) is 6.79. The average molecular weight is 326 g/mol. The maximum Gasteiger partial charge on any atom is 0.257 e. The zero-order valence-corrected chi connectivity index (χ0v) is 13.4. The number of benzene rings is 2. The number of nitrogens with zero attached hydrogens (tertiary/aromatic N) is 2. The van der Waals surface area contributed by atoms with Crippen molar-refractivity contribution in [3.05, 3.63) is 66.0 Å². The number of carbonyl (C=O) groups is 1. The lowest BCUT2D eigenvalue weighted by Crippen LogP contribution is -2.08. The van der Waals surface area contributed by atoms with Crippen LogP contribution in [0.3, 0.4) is 0 Å². The highest BCUT2D eigenvalue weighted by Crippen LogP contribution is 2.24. The van der Waals surface area contributed by atoms with Gasteiger partial charge in [-0.25, -0.2) is 9.37 Å². The molecule has 1 aromatic heterocycles. The van der Waals surface area contributed by atoms with Crippen molar-refractivity contribution in [1.29, 1.82) is 0 Å². The Bertz CT molecular complexity index is 868. The summed E-state index contributed by atoms with van der Waals surface area (Å²) in [6, 6.07) is 13.6. The van der Waals surface area contributed by atoms with Crippen molar-refractivity contribution in [2.24, 2.45) is 0 Å². The van der Waals surface area contributed by atoms with Gasteiger partial charge in [0.15, 0.2) is 5.16 Å². The third-order valence-corrected chi connectivity index (χ3v) is 4.13. The van der Waals surface area contributed by atoms with Crippen LogP contribution in [-0.4, -0.2) is 21.2 Å². The van der Waals surface area contributed by atoms with Crippen LogP contribution in [0.15, 0.2) is 59.8 Å². The lowest BCUT2D eigenvalue weighted by Gasteiger charge is -2.03. The molecule has 3 rings (SSSR count). The zero-order valence-electron chi connectivity index (χ0n) is 12.6. The van der Waals surface area contributed by atoms with E-state index in [1.807, 2.05) is 31.2 Å². The molecule has 0 saturated heterocycles. The molecule has 0 N–H and O–H groups in total. The van der Waals surface area contributed by atoms with Gasteiger partial charge in [0.25, 0.3) is 5.91 Å². The van der Waals surface area contributed by atoms with E-state index in [1.165, 1.54) is 30.0 Å². The van der Waals surface area contributed by atoms with E-state index >= 15 is 0 Å². The summed E-state index contributed by atoms with van der Waals surface area (Å²) < 4.78 is 14.5. The Balaban J connectivity index is 1.96. The first-order valence-corrected chi connectivity index (χ1v) is 8.26. The molecular weight excluding hydrogens is 311 g/mol. The number of halogens is 1. The SMILES string of the molecule is CCSc1nc2ccccc2n1C(=O)/C=C/c1ccc(F)cc1. The molecular formula is C18H15FN2OS. The van der Waals surface area contributed by atoms with Crippen molar-refractivity contribution in [1.82, 2.24) is 9.55 Å². The lowest BCUT2D eigenvalue weighted by atomic mass is 10.2. The second-order valence-electron chi connectivity index (χ2n) is 4.87. The quantitative estimate of drug-likeness (QED) is 0.517. The number of fused-ring (bicyclic) bond motifs is 1. The number of carbonyl (C=O) groups excluding carboxylic acids is 1. The van der Waals surface area contributed by atoms with Gasteiger partial charge in [-0.3, -0.25) is 9.36 Å². The molecule has 0 atom stereocenters. The minimum absolute atomic E-state index is 0.168. The van der Waals surface area contributed by atoms with E-state index in [1.54, 1.807) is 22.8 Å². The van der Waals surface area contributed by atoms with Crippen molar-refractivity contribution in [3.63, 3.8) is 0 Å². The Morgan fingerprint density at radius 3 is 2.70 bits per heavy atom. The monoisotopic (exact) mass is 326 g/mol. The van der Waals surface area contributed by atoms with Gasteiger partial charge in [0, 0.05) is 6.08 Å². The van der Waals surface area contributed by atoms with E-state index in [-0.39, 0.29) is 11.7 Å². The number of aromatic nitrogens is 2. The van der Waals surface area contributed by atoms with E-state index in [4.69, 9.17) is 0 Å². The Hall–Kier alpha value is -2.40. The molecule has 5 heteroatoms. The molecule has 0 radical (unpaired) electrons. The Kier molecular flexibility index (Phi) is 4.57. The maximum absolute atomic E-state index is 12.9. The molecule has 0 aliphatic heterocycles. The molecule has 116 valence electrons. The van der Waals surface area contributed by atoms with Crippen LogP contribution < -0.4 is 0 Å². The zero-order chi connectivity index (χ0) is 16.2. The summed E-state index contributed by atoms with van der Waals surface area (Å²) in [5, 5.41) is 0.683. The van der Waals surface area contributed by atoms with Crippen molar-refractivity contribution in [3.8, 4) is 0 Å². The van der Waals surface area contributed by atoms with Crippen LogP contribution >= 0.6 is 11.8 Å². The maximum atomic E-state index is 12.9. The Labute approximate surface area is 137 Å². The molecule has 0 saturated carbocycles. The first-order valence-electron chi connectivity index (χ1n) is 7.27. The molecule has 23 heavy (non-hydrogen) atoms. The molecule has 0 amide bonds. The van der Waals surface area contributed by atoms with Crippen molar-refractivity contribution in [2.75, 3.05) is 5.75 Å². The van der Waals surface area contributed by atoms with Gasteiger partial charge in [-0.05, 0) is 41.7 Å². The largest absolute Gasteiger partial charge is 0.269 e. The van der Waals surface area contributed by atoms with Crippen LogP contribution in [0.2, 0.25) is 0 Å². The molecule has 1 heterocycles. The van der Waals surface area contributed by atoms with E-state index < -0.39 is 0 Å². The van der Waals surface area contributed by atoms with Gasteiger partial charge in [-0.2, -0.15) is 0 Å². The summed E-state index contributed by atoms with van der Waals surface area (Å²) in [5.74, 6) is 0.368. The smallest absolute Gasteiger partial charge is 0.257 e. The normalized spacial score (nSPS) is 11.4. The number of para-hydroxylation sites is 2. The van der Waals surface area contributed by atoms with Gasteiger partial charge in [-0.15, -0.1) is 0 Å². The van der Waals surface area contributed by atoms with Crippen molar-refractivity contribution >= 4 is 34.8 Å². The number of rotatable bonds is 4. The summed E-state index contributed by atoms with van der Waals surface area (Å²) in [7, 11) is 0. The molecule has 0 unspecified atom stereocenters. The molecule has 0 bridgehead atoms. The highest BCUT2D eigenvalue weighted by molar-refractivity contribution is 7.99. The minimum atomic E-state index is -0.296. The summed E-state index contributed by atoms with van der Waals surface area (Å²) in [6.07, 6.45) is 3.16. The van der Waals surface area contributed by atoms with E-state index in [9.17, 15) is 9.18 Å². The van der Waals surface area contributed by atoms with Crippen LogP contribution in [0.1, 0.15) is 17.3 Å². The second-order valence-corrected chi connectivity index (χ2v) is 6.11. The Morgan fingerprint density at radius 2 is 1.96 bits per heavy atom. The van der Waals surface area contributed by atoms with Gasteiger partial charge in [0.2, 0.25) is 0 Å². The Morgan fingerprint density at radius 1 is 1.22 bits per heavy atom. The van der Waals surface area contributed by atoms with Crippen molar-refractivity contribution < 1.29 is 9.18 Å². The predicted molar refractivity (Wildman–Crippen MR) is 92.2 cm³/mol. The topological polar surface area (TPSA) is 34.9 Å². The molecule has 0 spiro atoms. The number of allylic oxidation sites excluding steroid dienone is 1. The van der Waals surface area contributed by atoms with Gasteiger partial charge in [0.1, 0.15) is 5.82 Å². The van der Waals surface area contributed by atoms with Gasteiger partial charge in [-0.1, -0.05) is 43.0 Å². The first kappa shape index (κ1) is 15.5. The fourth-order valence-corrected chi connectivity index (χ4v) is 3.00. The van der Waals surface area contributed by atoms with Gasteiger partial charge in [0.05, 0.1) is 11.0 Å². The number of hydrogen-bond acceptors (Lipinski definition) is 3. The predicted octanol–water partition coefficient (Wildman–Crippen LogP) is 4.64. The fourth-order valence-electron chi connectivity index (χ4n) is 2.26. The summed E-state index contributed by atoms with van der Waals surface area (Å²) in [6.45, 7) is 2.02. The third-order valence-electron chi connectivity index (χ3n) is 3.31. The summed E-state index contributed by atoms with van der Waals surface area (Å²) in [5.41, 5.74) is 2.36. The van der Waals surface area contributed by atoms with E-state index in [0.29, 0.717) is 5.16 Å². The number of imidazole rings is 1. The average Bonchev–Trinajstić information content (AvgIpc) is 2.92. The minimum Gasteiger partial charge on any atom is -0.269 e. The van der Waals surface area contributed by atoms with Crippen molar-refractivity contribution in [2.45, 2.75) is 12.1 Å².